The molecule has 0 radical (unpaired) electrons. The van der Waals surface area contributed by atoms with Crippen molar-refractivity contribution in [2.45, 2.75) is 63.8 Å². The molecule has 0 bridgehead atoms. The van der Waals surface area contributed by atoms with Crippen LogP contribution in [0.2, 0.25) is 0 Å². The zero-order valence-corrected chi connectivity index (χ0v) is 16.6. The lowest BCUT2D eigenvalue weighted by molar-refractivity contribution is 0.0494. The van der Waals surface area contributed by atoms with E-state index in [1.807, 2.05) is 51.1 Å². The molecule has 0 saturated heterocycles. The molecule has 0 aliphatic heterocycles. The number of nitrogens with one attached hydrogen (secondary N) is 1. The molecule has 6 nitrogen and oxygen atoms in total. The largest absolute Gasteiger partial charge is 0.444 e. The van der Waals surface area contributed by atoms with Crippen LogP contribution in [-0.2, 0) is 11.2 Å². The van der Waals surface area contributed by atoms with Crippen LogP contribution in [0.5, 0.6) is 0 Å². The number of carbonyl (C=O) groups is 1. The number of nitrogens with zero attached hydrogens (tertiary/aromatic N) is 2. The van der Waals surface area contributed by atoms with Crippen LogP contribution in [0.3, 0.4) is 0 Å². The highest BCUT2D eigenvalue weighted by atomic mass is 32.2. The quantitative estimate of drug-likeness (QED) is 0.527. The van der Waals surface area contributed by atoms with E-state index in [1.165, 1.54) is 11.8 Å². The van der Waals surface area contributed by atoms with E-state index in [1.54, 1.807) is 0 Å². The summed E-state index contributed by atoms with van der Waals surface area (Å²) in [5.74, 6) is 1.32. The Morgan fingerprint density at radius 3 is 2.65 bits per heavy atom. The third-order valence-electron chi connectivity index (χ3n) is 3.42. The van der Waals surface area contributed by atoms with E-state index in [0.29, 0.717) is 17.5 Å². The molecule has 1 aromatic heterocycles. The topological polar surface area (TPSA) is 77.2 Å². The first kappa shape index (κ1) is 20.3. The van der Waals surface area contributed by atoms with E-state index in [4.69, 9.17) is 9.15 Å². The van der Waals surface area contributed by atoms with Gasteiger partial charge in [0.05, 0.1) is 0 Å². The molecule has 7 heteroatoms. The summed E-state index contributed by atoms with van der Waals surface area (Å²) in [6.07, 6.45) is 2.25. The fraction of sp³-hybridized carbons (Fsp3) is 0.526. The maximum absolute atomic E-state index is 12.2. The van der Waals surface area contributed by atoms with Gasteiger partial charge in [-0.15, -0.1) is 10.2 Å². The van der Waals surface area contributed by atoms with Crippen LogP contribution in [-0.4, -0.2) is 27.6 Å². The van der Waals surface area contributed by atoms with Crippen LogP contribution in [0.4, 0.5) is 4.79 Å². The predicted octanol–water partition coefficient (Wildman–Crippen LogP) is 4.77. The van der Waals surface area contributed by atoms with Crippen LogP contribution >= 0.6 is 11.8 Å². The van der Waals surface area contributed by atoms with Crippen LogP contribution < -0.4 is 5.32 Å². The summed E-state index contributed by atoms with van der Waals surface area (Å²) >= 11 is 1.53. The second kappa shape index (κ2) is 9.62. The first-order chi connectivity index (χ1) is 12.4. The van der Waals surface area contributed by atoms with Gasteiger partial charge in [-0.2, -0.15) is 0 Å². The fourth-order valence-corrected chi connectivity index (χ4v) is 3.07. The zero-order valence-electron chi connectivity index (χ0n) is 15.8. The molecule has 2 aromatic rings. The Balaban J connectivity index is 2.10. The van der Waals surface area contributed by atoms with E-state index in [2.05, 4.69) is 22.4 Å². The molecule has 0 unspecified atom stereocenters. The average molecular weight is 378 g/mol. The second-order valence-electron chi connectivity index (χ2n) is 7.00. The van der Waals surface area contributed by atoms with Gasteiger partial charge in [0.15, 0.2) is 0 Å². The molecule has 1 aromatic carbocycles. The molecular formula is C19H27N3O3S. The summed E-state index contributed by atoms with van der Waals surface area (Å²) in [5, 5.41) is 11.6. The number of ether oxygens (including phenoxy) is 1. The van der Waals surface area contributed by atoms with Crippen molar-refractivity contribution < 1.29 is 13.9 Å². The first-order valence-electron chi connectivity index (χ1n) is 8.87. The molecule has 142 valence electrons. The van der Waals surface area contributed by atoms with Crippen molar-refractivity contribution in [3.63, 3.8) is 0 Å². The van der Waals surface area contributed by atoms with Gasteiger partial charge in [-0.1, -0.05) is 55.4 Å². The third kappa shape index (κ3) is 7.07. The number of alkyl carbamates (subject to hydrolysis) is 1. The number of rotatable bonds is 8. The number of unbranched alkanes of at least 4 members (excludes halogenated alkanes) is 1. The Bertz CT molecular complexity index is 683. The van der Waals surface area contributed by atoms with Crippen LogP contribution in [0, 0.1) is 0 Å². The Hall–Kier alpha value is -2.02. The molecule has 0 fully saturated rings. The summed E-state index contributed by atoms with van der Waals surface area (Å²) in [7, 11) is 0. The van der Waals surface area contributed by atoms with E-state index in [0.717, 1.165) is 24.2 Å². The van der Waals surface area contributed by atoms with Gasteiger partial charge in [-0.3, -0.25) is 0 Å². The zero-order chi connectivity index (χ0) is 19.0. The first-order valence-corrected chi connectivity index (χ1v) is 9.85. The summed E-state index contributed by atoms with van der Waals surface area (Å²) in [6, 6.07) is 9.42. The average Bonchev–Trinajstić information content (AvgIpc) is 3.03. The summed E-state index contributed by atoms with van der Waals surface area (Å²) < 4.78 is 11.1. The van der Waals surface area contributed by atoms with Crippen molar-refractivity contribution in [1.29, 1.82) is 0 Å². The second-order valence-corrected chi connectivity index (χ2v) is 8.04. The lowest BCUT2D eigenvalue weighted by atomic mass is 10.1. The highest BCUT2D eigenvalue weighted by Gasteiger charge is 2.25. The predicted molar refractivity (Wildman–Crippen MR) is 102 cm³/mol. The van der Waals surface area contributed by atoms with Gasteiger partial charge in [-0.25, -0.2) is 4.79 Å². The molecule has 1 atom stereocenters. The van der Waals surface area contributed by atoms with Crippen molar-refractivity contribution in [3.05, 3.63) is 41.8 Å². The van der Waals surface area contributed by atoms with Gasteiger partial charge in [-0.05, 0) is 32.8 Å². The van der Waals surface area contributed by atoms with Gasteiger partial charge in [0.2, 0.25) is 5.89 Å². The molecule has 2 rings (SSSR count). The molecule has 1 amide bonds. The number of amides is 1. The monoisotopic (exact) mass is 377 g/mol. The Labute approximate surface area is 159 Å². The maximum atomic E-state index is 12.2. The number of aromatic nitrogens is 2. The van der Waals surface area contributed by atoms with Crippen molar-refractivity contribution in [3.8, 4) is 0 Å². The highest BCUT2D eigenvalue weighted by molar-refractivity contribution is 7.99. The summed E-state index contributed by atoms with van der Waals surface area (Å²) in [5.41, 5.74) is 0.490. The van der Waals surface area contributed by atoms with Crippen LogP contribution in [0.1, 0.15) is 58.0 Å². The van der Waals surface area contributed by atoms with Crippen LogP contribution in [0.15, 0.2) is 40.0 Å². The molecule has 0 spiro atoms. The van der Waals surface area contributed by atoms with Gasteiger partial charge in [0.1, 0.15) is 11.6 Å². The van der Waals surface area contributed by atoms with Crippen molar-refractivity contribution in [2.24, 2.45) is 0 Å². The summed E-state index contributed by atoms with van der Waals surface area (Å²) in [6.45, 7) is 7.62. The normalized spacial score (nSPS) is 12.6. The third-order valence-corrected chi connectivity index (χ3v) is 4.32. The SMILES string of the molecule is CCCCSc1nnc([C@@H](Cc2ccccc2)NC(=O)OC(C)(C)C)o1. The minimum absolute atomic E-state index is 0.388. The van der Waals surface area contributed by atoms with E-state index in [9.17, 15) is 4.79 Å². The van der Waals surface area contributed by atoms with Crippen molar-refractivity contribution in [1.82, 2.24) is 15.5 Å². The number of benzene rings is 1. The van der Waals surface area contributed by atoms with Gasteiger partial charge in [0.25, 0.3) is 5.22 Å². The molecule has 0 aliphatic carbocycles. The molecule has 0 saturated carbocycles. The Morgan fingerprint density at radius 2 is 2.00 bits per heavy atom. The Kier molecular flexibility index (Phi) is 7.50. The van der Waals surface area contributed by atoms with Gasteiger partial charge < -0.3 is 14.5 Å². The lowest BCUT2D eigenvalue weighted by Crippen LogP contribution is -2.36. The minimum atomic E-state index is -0.572. The smallest absolute Gasteiger partial charge is 0.408 e. The van der Waals surface area contributed by atoms with E-state index < -0.39 is 17.7 Å². The van der Waals surface area contributed by atoms with Crippen molar-refractivity contribution in [2.75, 3.05) is 5.75 Å². The molecule has 0 aliphatic rings. The highest BCUT2D eigenvalue weighted by Crippen LogP contribution is 2.23. The van der Waals surface area contributed by atoms with E-state index >= 15 is 0 Å². The van der Waals surface area contributed by atoms with E-state index in [-0.39, 0.29) is 0 Å². The van der Waals surface area contributed by atoms with Crippen molar-refractivity contribution >= 4 is 17.9 Å². The minimum Gasteiger partial charge on any atom is -0.444 e. The lowest BCUT2D eigenvalue weighted by Gasteiger charge is -2.22. The standard InChI is InChI=1S/C19H27N3O3S/c1-5-6-12-26-18-22-21-16(24-18)15(13-14-10-8-7-9-11-14)20-17(23)25-19(2,3)4/h7-11,15H,5-6,12-13H2,1-4H3,(H,20,23)/t15-/m1/s1. The number of hydrogen-bond donors (Lipinski definition) is 1. The molecular weight excluding hydrogens is 350 g/mol. The summed E-state index contributed by atoms with van der Waals surface area (Å²) in [4.78, 5) is 12.2. The molecule has 1 heterocycles. The van der Waals surface area contributed by atoms with Crippen LogP contribution in [0.25, 0.3) is 0 Å². The number of carbonyl (C=O) groups excluding carboxylic acids is 1. The van der Waals surface area contributed by atoms with Gasteiger partial charge >= 0.3 is 6.09 Å². The molecule has 26 heavy (non-hydrogen) atoms. The fourth-order valence-electron chi connectivity index (χ4n) is 2.22. The number of hydrogen-bond acceptors (Lipinski definition) is 6. The number of thioether (sulfide) groups is 1. The maximum Gasteiger partial charge on any atom is 0.408 e. The molecule has 1 N–H and O–H groups in total. The van der Waals surface area contributed by atoms with Gasteiger partial charge in [0, 0.05) is 12.2 Å². The Morgan fingerprint density at radius 1 is 1.27 bits per heavy atom.